The molecule has 11 amide bonds. The summed E-state index contributed by atoms with van der Waals surface area (Å²) < 4.78 is 0. The maximum Gasteiger partial charge on any atom is 0.328 e. The topological polar surface area (TPSA) is 530 Å². The average molecular weight is 1260 g/mol. The van der Waals surface area contributed by atoms with Crippen molar-refractivity contribution in [1.29, 1.82) is 0 Å². The monoisotopic (exact) mass is 1250 g/mol. The Morgan fingerprint density at radius 1 is 0.500 bits per heavy atom. The number of imidazole rings is 1. The molecule has 0 spiro atoms. The van der Waals surface area contributed by atoms with Crippen LogP contribution in [-0.4, -0.2) is 216 Å². The lowest BCUT2D eigenvalue weighted by atomic mass is 9.96. The number of carbonyl (C=O) groups is 13. The SMILES string of the molecule is CC[C@H](C)[C@H](NC(=O)[C@H](CCC(=O)O)NC(=O)[C@H](Cc1cnc[nH]1)NC(=O)[C@@H](NC(=O)[C@@H](NC(=O)[C@H](CO)NC(C)=O)[C@@H](C)O)C(C)C)C(=O)N[C@@H](CC(C)C)C(=O)N[C@@H](CO)C(=O)N[C@@H](CCCCN)C(=O)N[C@@H](CC(C)C)C(=O)N[C@@H](CO)C(=O)O. The Bertz CT molecular complexity index is 2480. The van der Waals surface area contributed by atoms with Gasteiger partial charge in [0.25, 0.3) is 0 Å². The second kappa shape index (κ2) is 39.8. The predicted molar refractivity (Wildman–Crippen MR) is 313 cm³/mol. The van der Waals surface area contributed by atoms with Crippen LogP contribution < -0.4 is 64.2 Å². The maximum atomic E-state index is 14.4. The lowest BCUT2D eigenvalue weighted by Gasteiger charge is -2.30. The van der Waals surface area contributed by atoms with E-state index < -0.39 is 194 Å². The molecule has 498 valence electrons. The number of H-pyrrole nitrogens is 1. The van der Waals surface area contributed by atoms with Crippen molar-refractivity contribution in [3.05, 3.63) is 18.2 Å². The summed E-state index contributed by atoms with van der Waals surface area (Å²) in [5, 5.41) is 85.7. The maximum absolute atomic E-state index is 14.4. The van der Waals surface area contributed by atoms with Gasteiger partial charge in [-0.25, -0.2) is 9.78 Å². The van der Waals surface area contributed by atoms with Gasteiger partial charge >= 0.3 is 11.9 Å². The summed E-state index contributed by atoms with van der Waals surface area (Å²) in [7, 11) is 0. The lowest BCUT2D eigenvalue weighted by Crippen LogP contribution is -2.63. The molecule has 0 aliphatic rings. The number of carboxylic acid groups (broad SMARTS) is 2. The zero-order chi connectivity index (χ0) is 67.1. The Labute approximate surface area is 510 Å². The molecule has 0 aliphatic heterocycles. The molecule has 0 aliphatic carbocycles. The minimum Gasteiger partial charge on any atom is -0.481 e. The van der Waals surface area contributed by atoms with Crippen molar-refractivity contribution in [3.8, 4) is 0 Å². The number of aromatic nitrogens is 2. The van der Waals surface area contributed by atoms with Crippen molar-refractivity contribution in [3.63, 3.8) is 0 Å². The van der Waals surface area contributed by atoms with Crippen LogP contribution in [-0.2, 0) is 68.7 Å². The number of unbranched alkanes of at least 4 members (excludes halogenated alkanes) is 1. The second-order valence-corrected chi connectivity index (χ2v) is 22.7. The van der Waals surface area contributed by atoms with E-state index in [0.717, 1.165) is 13.8 Å². The molecular weight excluding hydrogens is 1160 g/mol. The van der Waals surface area contributed by atoms with E-state index in [2.05, 4.69) is 68.5 Å². The highest BCUT2D eigenvalue weighted by Crippen LogP contribution is 2.15. The van der Waals surface area contributed by atoms with Gasteiger partial charge < -0.3 is 99.8 Å². The third kappa shape index (κ3) is 27.9. The number of carboxylic acids is 2. The number of nitrogens with one attached hydrogen (secondary N) is 12. The largest absolute Gasteiger partial charge is 0.481 e. The number of nitrogens with zero attached hydrogens (tertiary/aromatic N) is 1. The van der Waals surface area contributed by atoms with Gasteiger partial charge in [0, 0.05) is 31.7 Å². The number of aliphatic hydroxyl groups is 4. The summed E-state index contributed by atoms with van der Waals surface area (Å²) in [6, 6.07) is -17.1. The molecule has 1 rings (SSSR count). The first-order valence-corrected chi connectivity index (χ1v) is 29.2. The van der Waals surface area contributed by atoms with Crippen molar-refractivity contribution < 1.29 is 93.0 Å². The van der Waals surface area contributed by atoms with Crippen LogP contribution in [0, 0.1) is 23.7 Å². The Morgan fingerprint density at radius 3 is 1.35 bits per heavy atom. The molecule has 0 unspecified atom stereocenters. The van der Waals surface area contributed by atoms with E-state index in [1.807, 2.05) is 0 Å². The summed E-state index contributed by atoms with van der Waals surface area (Å²) in [6.07, 6.45) is 0.217. The fourth-order valence-corrected chi connectivity index (χ4v) is 8.63. The molecule has 0 fully saturated rings. The first kappa shape index (κ1) is 78.1. The highest BCUT2D eigenvalue weighted by atomic mass is 16.4. The summed E-state index contributed by atoms with van der Waals surface area (Å²) in [4.78, 5) is 180. The molecule has 0 radical (unpaired) electrons. The van der Waals surface area contributed by atoms with Gasteiger partial charge in [0.15, 0.2) is 0 Å². The molecule has 0 aromatic carbocycles. The van der Waals surface area contributed by atoms with Crippen LogP contribution in [0.4, 0.5) is 0 Å². The van der Waals surface area contributed by atoms with Gasteiger partial charge in [-0.2, -0.15) is 0 Å². The van der Waals surface area contributed by atoms with E-state index in [1.54, 1.807) is 41.5 Å². The number of rotatable bonds is 42. The molecule has 13 atom stereocenters. The number of hydrogen-bond acceptors (Lipinski definition) is 19. The van der Waals surface area contributed by atoms with Crippen molar-refractivity contribution in [2.45, 2.75) is 200 Å². The molecule has 20 N–H and O–H groups in total. The van der Waals surface area contributed by atoms with Gasteiger partial charge in [-0.3, -0.25) is 57.5 Å². The van der Waals surface area contributed by atoms with Crippen LogP contribution in [0.3, 0.4) is 0 Å². The molecule has 1 heterocycles. The van der Waals surface area contributed by atoms with E-state index in [0.29, 0.717) is 6.42 Å². The quantitative estimate of drug-likeness (QED) is 0.0272. The first-order chi connectivity index (χ1) is 41.2. The van der Waals surface area contributed by atoms with Crippen LogP contribution in [0.5, 0.6) is 0 Å². The number of aromatic amines is 1. The van der Waals surface area contributed by atoms with E-state index >= 15 is 0 Å². The van der Waals surface area contributed by atoms with Crippen molar-refractivity contribution in [2.75, 3.05) is 26.4 Å². The number of amides is 11. The van der Waals surface area contributed by atoms with Crippen LogP contribution in [0.1, 0.15) is 126 Å². The van der Waals surface area contributed by atoms with Gasteiger partial charge in [-0.05, 0) is 75.7 Å². The summed E-state index contributed by atoms with van der Waals surface area (Å²) in [5.74, 6) is -15.6. The fraction of sp³-hybridized carbons (Fsp3) is 0.709. The Morgan fingerprint density at radius 2 is 0.898 bits per heavy atom. The molecule has 0 saturated carbocycles. The number of nitrogens with two attached hydrogens (primary N) is 1. The molecule has 1 aromatic heterocycles. The highest BCUT2D eigenvalue weighted by molar-refractivity contribution is 5.99. The molecule has 0 bridgehead atoms. The molecule has 0 saturated heterocycles. The van der Waals surface area contributed by atoms with Crippen molar-refractivity contribution >= 4 is 76.9 Å². The highest BCUT2D eigenvalue weighted by Gasteiger charge is 2.39. The number of aliphatic carboxylic acids is 2. The van der Waals surface area contributed by atoms with Crippen LogP contribution in [0.15, 0.2) is 12.5 Å². The van der Waals surface area contributed by atoms with E-state index in [-0.39, 0.29) is 62.6 Å². The standard InChI is InChI=1S/C55H94N14O19/c1-11-29(8)43(53(85)63-36(19-27(4)5)47(79)65-39(23-71)50(82)60-33(14-12-13-17-56)45(77)62-35(18-26(2)3)48(80)66-40(24-72)55(87)88)68-46(78)34(15-16-41(75)76)61-49(81)37(20-32-21-57-25-58-32)64-52(84)42(28(6)7)67-54(86)44(30(9)73)69-51(83)38(22-70)59-31(10)74/h21,25-30,33-40,42-44,70-73H,11-20,22-24,56H2,1-10H3,(H,57,58)(H,59,74)(H,60,82)(H,61,81)(H,62,77)(H,63,85)(H,64,84)(H,65,79)(H,66,80)(H,67,86)(H,68,78)(H,69,83)(H,75,76)(H,87,88)/t29-,30+,33-,34-,35-,36-,37-,38-,39-,40-,42-,43-,44-/m0/s1. The normalized spacial score (nSPS) is 15.8. The Balaban J connectivity index is 3.56. The molecule has 33 nitrogen and oxygen atoms in total. The molecular formula is C55H94N14O19. The van der Waals surface area contributed by atoms with Crippen molar-refractivity contribution in [1.82, 2.24) is 68.5 Å². The molecule has 33 heteroatoms. The second-order valence-electron chi connectivity index (χ2n) is 22.7. The number of carbonyl (C=O) groups excluding carboxylic acids is 11. The minimum atomic E-state index is -1.74. The van der Waals surface area contributed by atoms with Crippen LogP contribution >= 0.6 is 0 Å². The van der Waals surface area contributed by atoms with Gasteiger partial charge in [0.2, 0.25) is 65.0 Å². The summed E-state index contributed by atoms with van der Waals surface area (Å²) >= 11 is 0. The van der Waals surface area contributed by atoms with Crippen LogP contribution in [0.25, 0.3) is 0 Å². The van der Waals surface area contributed by atoms with E-state index in [9.17, 15) is 93.0 Å². The van der Waals surface area contributed by atoms with Crippen molar-refractivity contribution in [2.24, 2.45) is 29.4 Å². The van der Waals surface area contributed by atoms with Crippen LogP contribution in [0.2, 0.25) is 0 Å². The van der Waals surface area contributed by atoms with Gasteiger partial charge in [-0.1, -0.05) is 61.8 Å². The van der Waals surface area contributed by atoms with Gasteiger partial charge in [0.1, 0.15) is 66.5 Å². The molecule has 1 aromatic rings. The van der Waals surface area contributed by atoms with E-state index in [4.69, 9.17) is 5.73 Å². The third-order valence-corrected chi connectivity index (χ3v) is 13.7. The minimum absolute atomic E-state index is 0.0139. The number of aliphatic hydroxyl groups excluding tert-OH is 4. The predicted octanol–water partition coefficient (Wildman–Crippen LogP) is -5.46. The summed E-state index contributed by atoms with van der Waals surface area (Å²) in [6.45, 7) is 12.8. The first-order valence-electron chi connectivity index (χ1n) is 29.2. The lowest BCUT2D eigenvalue weighted by molar-refractivity contribution is -0.143. The zero-order valence-electron chi connectivity index (χ0n) is 51.6. The fourth-order valence-electron chi connectivity index (χ4n) is 8.63. The summed E-state index contributed by atoms with van der Waals surface area (Å²) in [5.41, 5.74) is 5.96. The zero-order valence-corrected chi connectivity index (χ0v) is 51.6. The smallest absolute Gasteiger partial charge is 0.328 e. The molecule has 88 heavy (non-hydrogen) atoms. The number of hydrogen-bond donors (Lipinski definition) is 19. The average Bonchev–Trinajstić information content (AvgIpc) is 4.07. The Kier molecular flexibility index (Phi) is 35.4. The van der Waals surface area contributed by atoms with Gasteiger partial charge in [-0.15, -0.1) is 0 Å². The van der Waals surface area contributed by atoms with E-state index in [1.165, 1.54) is 26.4 Å². The Hall–Kier alpha value is -7.88. The third-order valence-electron chi connectivity index (χ3n) is 13.7. The van der Waals surface area contributed by atoms with Gasteiger partial charge in [0.05, 0.1) is 32.3 Å².